The SMILES string of the molecule is COc1ccc(NCC(=O)NN=Cc2ccc(OC(C)=O)c(OC)c2)cc1. The van der Waals surface area contributed by atoms with Gasteiger partial charge in [0.05, 0.1) is 27.0 Å². The maximum absolute atomic E-state index is 11.8. The number of carbonyl (C=O) groups excluding carboxylic acids is 2. The van der Waals surface area contributed by atoms with E-state index in [0.29, 0.717) is 17.1 Å². The standard InChI is InChI=1S/C19H21N3O5/c1-13(23)27-17-9-4-14(10-18(17)26-3)11-21-22-19(24)12-20-15-5-7-16(25-2)8-6-15/h4-11,20H,12H2,1-3H3,(H,22,24). The first-order chi connectivity index (χ1) is 13.0. The van der Waals surface area contributed by atoms with Crippen molar-refractivity contribution in [1.29, 1.82) is 0 Å². The van der Waals surface area contributed by atoms with Crippen LogP contribution in [-0.4, -0.2) is 38.9 Å². The van der Waals surface area contributed by atoms with Crippen LogP contribution in [0.25, 0.3) is 0 Å². The van der Waals surface area contributed by atoms with E-state index in [4.69, 9.17) is 14.2 Å². The highest BCUT2D eigenvalue weighted by molar-refractivity contribution is 5.85. The second-order valence-corrected chi connectivity index (χ2v) is 5.38. The molecular weight excluding hydrogens is 350 g/mol. The van der Waals surface area contributed by atoms with Gasteiger partial charge in [-0.15, -0.1) is 0 Å². The molecule has 2 rings (SSSR count). The molecule has 0 spiro atoms. The average Bonchev–Trinajstić information content (AvgIpc) is 2.67. The van der Waals surface area contributed by atoms with Gasteiger partial charge in [0.2, 0.25) is 0 Å². The quantitative estimate of drug-likeness (QED) is 0.319. The Kier molecular flexibility index (Phi) is 7.18. The van der Waals surface area contributed by atoms with Gasteiger partial charge >= 0.3 is 5.97 Å². The van der Waals surface area contributed by atoms with Crippen LogP contribution < -0.4 is 25.0 Å². The Hall–Kier alpha value is -3.55. The number of carbonyl (C=O) groups is 2. The number of benzene rings is 2. The van der Waals surface area contributed by atoms with E-state index in [0.717, 1.165) is 11.4 Å². The van der Waals surface area contributed by atoms with Gasteiger partial charge in [-0.05, 0) is 48.0 Å². The third-order valence-electron chi connectivity index (χ3n) is 3.39. The van der Waals surface area contributed by atoms with Crippen LogP contribution in [0.1, 0.15) is 12.5 Å². The highest BCUT2D eigenvalue weighted by Gasteiger charge is 2.07. The predicted molar refractivity (Wildman–Crippen MR) is 102 cm³/mol. The molecule has 2 N–H and O–H groups in total. The lowest BCUT2D eigenvalue weighted by molar-refractivity contribution is -0.132. The van der Waals surface area contributed by atoms with Gasteiger partial charge in [-0.2, -0.15) is 5.10 Å². The lowest BCUT2D eigenvalue weighted by atomic mass is 10.2. The smallest absolute Gasteiger partial charge is 0.308 e. The zero-order valence-corrected chi connectivity index (χ0v) is 15.3. The first-order valence-electron chi connectivity index (χ1n) is 8.08. The largest absolute Gasteiger partial charge is 0.497 e. The number of methoxy groups -OCH3 is 2. The molecule has 0 heterocycles. The van der Waals surface area contributed by atoms with Gasteiger partial charge in [-0.3, -0.25) is 9.59 Å². The summed E-state index contributed by atoms with van der Waals surface area (Å²) in [4.78, 5) is 22.9. The van der Waals surface area contributed by atoms with E-state index >= 15 is 0 Å². The second kappa shape index (κ2) is 9.81. The molecule has 142 valence electrons. The van der Waals surface area contributed by atoms with Crippen molar-refractivity contribution in [2.24, 2.45) is 5.10 Å². The summed E-state index contributed by atoms with van der Waals surface area (Å²) in [6, 6.07) is 12.1. The molecule has 2 aromatic carbocycles. The third-order valence-corrected chi connectivity index (χ3v) is 3.39. The van der Waals surface area contributed by atoms with E-state index in [1.807, 2.05) is 12.1 Å². The molecule has 0 aliphatic carbocycles. The van der Waals surface area contributed by atoms with Crippen LogP contribution in [0.5, 0.6) is 17.2 Å². The zero-order chi connectivity index (χ0) is 19.6. The molecule has 1 amide bonds. The Balaban J connectivity index is 1.86. The van der Waals surface area contributed by atoms with Gasteiger partial charge in [0.1, 0.15) is 5.75 Å². The van der Waals surface area contributed by atoms with E-state index in [9.17, 15) is 9.59 Å². The highest BCUT2D eigenvalue weighted by Crippen LogP contribution is 2.27. The van der Waals surface area contributed by atoms with Crippen molar-refractivity contribution in [1.82, 2.24) is 5.43 Å². The fourth-order valence-corrected chi connectivity index (χ4v) is 2.11. The molecule has 0 aliphatic rings. The van der Waals surface area contributed by atoms with Gasteiger partial charge in [-0.25, -0.2) is 5.43 Å². The van der Waals surface area contributed by atoms with Crippen LogP contribution in [0.15, 0.2) is 47.6 Å². The summed E-state index contributed by atoms with van der Waals surface area (Å²) in [6.07, 6.45) is 1.46. The Labute approximate surface area is 157 Å². The molecule has 27 heavy (non-hydrogen) atoms. The Bertz CT molecular complexity index is 819. The zero-order valence-electron chi connectivity index (χ0n) is 15.3. The van der Waals surface area contributed by atoms with Crippen molar-refractivity contribution < 1.29 is 23.8 Å². The maximum atomic E-state index is 11.8. The van der Waals surface area contributed by atoms with Crippen molar-refractivity contribution in [3.63, 3.8) is 0 Å². The van der Waals surface area contributed by atoms with Gasteiger partial charge in [-0.1, -0.05) is 0 Å². The summed E-state index contributed by atoms with van der Waals surface area (Å²) in [5, 5.41) is 6.88. The second-order valence-electron chi connectivity index (χ2n) is 5.38. The summed E-state index contributed by atoms with van der Waals surface area (Å²) in [5.41, 5.74) is 3.89. The first kappa shape index (κ1) is 19.8. The topological polar surface area (TPSA) is 98.3 Å². The number of amides is 1. The van der Waals surface area contributed by atoms with Crippen molar-refractivity contribution in [2.75, 3.05) is 26.1 Å². The molecule has 0 unspecified atom stereocenters. The lowest BCUT2D eigenvalue weighted by Gasteiger charge is -2.08. The van der Waals surface area contributed by atoms with E-state index < -0.39 is 5.97 Å². The molecule has 0 radical (unpaired) electrons. The Morgan fingerprint density at radius 1 is 1.04 bits per heavy atom. The summed E-state index contributed by atoms with van der Waals surface area (Å²) < 4.78 is 15.3. The molecule has 8 nitrogen and oxygen atoms in total. The maximum Gasteiger partial charge on any atom is 0.308 e. The third kappa shape index (κ3) is 6.35. The normalized spacial score (nSPS) is 10.3. The van der Waals surface area contributed by atoms with Crippen molar-refractivity contribution in [2.45, 2.75) is 6.92 Å². The molecule has 0 saturated carbocycles. The molecule has 2 aromatic rings. The fourth-order valence-electron chi connectivity index (χ4n) is 2.11. The van der Waals surface area contributed by atoms with Crippen LogP contribution in [0, 0.1) is 0 Å². The molecular formula is C19H21N3O5. The van der Waals surface area contributed by atoms with Gasteiger partial charge in [0.15, 0.2) is 11.5 Å². The van der Waals surface area contributed by atoms with Crippen LogP contribution in [0.2, 0.25) is 0 Å². The van der Waals surface area contributed by atoms with Crippen molar-refractivity contribution in [3.05, 3.63) is 48.0 Å². The number of hydrogen-bond acceptors (Lipinski definition) is 7. The molecule has 0 aromatic heterocycles. The van der Waals surface area contributed by atoms with E-state index in [1.165, 1.54) is 20.2 Å². The van der Waals surface area contributed by atoms with Crippen LogP contribution >= 0.6 is 0 Å². The highest BCUT2D eigenvalue weighted by atomic mass is 16.6. The summed E-state index contributed by atoms with van der Waals surface area (Å²) >= 11 is 0. The summed E-state index contributed by atoms with van der Waals surface area (Å²) in [7, 11) is 3.06. The lowest BCUT2D eigenvalue weighted by Crippen LogP contribution is -2.25. The van der Waals surface area contributed by atoms with Crippen LogP contribution in [0.3, 0.4) is 0 Å². The van der Waals surface area contributed by atoms with E-state index in [-0.39, 0.29) is 12.5 Å². The average molecular weight is 371 g/mol. The fraction of sp³-hybridized carbons (Fsp3) is 0.211. The van der Waals surface area contributed by atoms with E-state index in [2.05, 4.69) is 15.8 Å². The number of anilines is 1. The summed E-state index contributed by atoms with van der Waals surface area (Å²) in [5.74, 6) is 0.707. The Morgan fingerprint density at radius 2 is 1.78 bits per heavy atom. The molecule has 0 fully saturated rings. The van der Waals surface area contributed by atoms with Crippen molar-refractivity contribution in [3.8, 4) is 17.2 Å². The number of hydrazone groups is 1. The monoisotopic (exact) mass is 371 g/mol. The molecule has 8 heteroatoms. The number of nitrogens with one attached hydrogen (secondary N) is 2. The van der Waals surface area contributed by atoms with E-state index in [1.54, 1.807) is 37.4 Å². The molecule has 0 atom stereocenters. The number of esters is 1. The Morgan fingerprint density at radius 3 is 2.41 bits per heavy atom. The van der Waals surface area contributed by atoms with Gasteiger partial charge < -0.3 is 19.5 Å². The molecule has 0 aliphatic heterocycles. The first-order valence-corrected chi connectivity index (χ1v) is 8.08. The number of rotatable bonds is 8. The van der Waals surface area contributed by atoms with Crippen molar-refractivity contribution >= 4 is 23.8 Å². The van der Waals surface area contributed by atoms with Gasteiger partial charge in [0, 0.05) is 12.6 Å². The minimum atomic E-state index is -0.439. The molecule has 0 bridgehead atoms. The summed E-state index contributed by atoms with van der Waals surface area (Å²) in [6.45, 7) is 1.38. The number of hydrogen-bond donors (Lipinski definition) is 2. The number of nitrogens with zero attached hydrogens (tertiary/aromatic N) is 1. The van der Waals surface area contributed by atoms with Crippen LogP contribution in [-0.2, 0) is 9.59 Å². The molecule has 0 saturated heterocycles. The predicted octanol–water partition coefficient (Wildman–Crippen LogP) is 2.19. The number of ether oxygens (including phenoxy) is 3. The van der Waals surface area contributed by atoms with Crippen LogP contribution in [0.4, 0.5) is 5.69 Å². The minimum Gasteiger partial charge on any atom is -0.497 e. The van der Waals surface area contributed by atoms with Gasteiger partial charge in [0.25, 0.3) is 5.91 Å². The minimum absolute atomic E-state index is 0.0678.